The summed E-state index contributed by atoms with van der Waals surface area (Å²) in [5.74, 6) is 1.99. The monoisotopic (exact) mass is 526 g/mol. The Morgan fingerprint density at radius 1 is 1.27 bits per heavy atom. The molecule has 3 nitrogen and oxygen atoms in total. The van der Waals surface area contributed by atoms with Gasteiger partial charge in [0.05, 0.1) is 0 Å². The van der Waals surface area contributed by atoms with E-state index in [9.17, 15) is 0 Å². The van der Waals surface area contributed by atoms with Gasteiger partial charge < -0.3 is 56.1 Å². The van der Waals surface area contributed by atoms with E-state index >= 15 is 0 Å². The summed E-state index contributed by atoms with van der Waals surface area (Å²) in [6, 6.07) is 0. The van der Waals surface area contributed by atoms with Gasteiger partial charge in [-0.1, -0.05) is 5.92 Å². The molecule has 0 aromatic carbocycles. The molecule has 0 aliphatic carbocycles. The van der Waals surface area contributed by atoms with E-state index in [-0.39, 0.29) is 82.0 Å². The zero-order valence-corrected chi connectivity index (χ0v) is 14.1. The topological polar surface area (TPSA) is 54.4 Å². The largest absolute Gasteiger partial charge is 3.00 e. The minimum absolute atomic E-state index is 0. The molecule has 0 atom stereocenters. The van der Waals surface area contributed by atoms with Crippen molar-refractivity contribution in [3.8, 4) is 12.3 Å². The van der Waals surface area contributed by atoms with Crippen LogP contribution in [0.1, 0.15) is 0 Å². The number of hydrogen-bond acceptors (Lipinski definition) is 3. The van der Waals surface area contributed by atoms with Gasteiger partial charge in [0.15, 0.2) is 0 Å². The third-order valence-electron chi connectivity index (χ3n) is 0.0913. The Hall–Kier alpha value is 1.90. The van der Waals surface area contributed by atoms with Crippen LogP contribution in [0.5, 0.6) is 0 Å². The molecule has 0 fully saturated rings. The van der Waals surface area contributed by atoms with Crippen LogP contribution in [0.4, 0.5) is 0 Å². The van der Waals surface area contributed by atoms with Crippen molar-refractivity contribution in [2.45, 2.75) is 0 Å². The van der Waals surface area contributed by atoms with E-state index in [0.717, 1.165) is 0 Å². The van der Waals surface area contributed by atoms with Gasteiger partial charge in [-0.25, -0.2) is 0 Å². The fourth-order valence-electron chi connectivity index (χ4n) is 0. The van der Waals surface area contributed by atoms with E-state index in [4.69, 9.17) is 12.8 Å². The van der Waals surface area contributed by atoms with E-state index in [1.54, 1.807) is 0 Å². The summed E-state index contributed by atoms with van der Waals surface area (Å²) in [5.41, 5.74) is 0. The summed E-state index contributed by atoms with van der Waals surface area (Å²) >= 11 is -1.62. The van der Waals surface area contributed by atoms with Crippen molar-refractivity contribution in [3.05, 3.63) is 0 Å². The predicted octanol–water partition coefficient (Wildman–Crippen LogP) is -10.4. The van der Waals surface area contributed by atoms with Crippen LogP contribution in [0.3, 0.4) is 0 Å². The number of aliphatic hydroxyl groups excluding tert-OH is 1. The number of aliphatic hydroxyl groups is 1. The molecule has 8 heteroatoms. The molecule has 0 bridgehead atoms. The van der Waals surface area contributed by atoms with Gasteiger partial charge in [0.2, 0.25) is 0 Å². The Bertz CT molecular complexity index is 100. The summed E-state index contributed by atoms with van der Waals surface area (Å²) in [6.07, 6.45) is 4.53. The van der Waals surface area contributed by atoms with Crippen molar-refractivity contribution in [2.75, 3.05) is 6.61 Å². The normalized spacial score (nSPS) is 2.91. The zero-order valence-electron chi connectivity index (χ0n) is 5.04. The van der Waals surface area contributed by atoms with Crippen LogP contribution in [0.2, 0.25) is 0 Å². The molecule has 11 heavy (non-hydrogen) atoms. The van der Waals surface area contributed by atoms with Crippen molar-refractivity contribution in [1.29, 1.82) is 0 Å². The number of halogens is 3. The Balaban J connectivity index is -0.00000000848. The van der Waals surface area contributed by atoms with Gasteiger partial charge in [0.1, 0.15) is 6.61 Å². The Morgan fingerprint density at radius 3 is 1.36 bits per heavy atom. The van der Waals surface area contributed by atoms with Crippen LogP contribution in [-0.4, -0.2) is 51.0 Å². The molecule has 0 spiro atoms. The van der Waals surface area contributed by atoms with Crippen LogP contribution in [0.25, 0.3) is 0 Å². The van der Waals surface area contributed by atoms with Gasteiger partial charge in [0.25, 0.3) is 0 Å². The van der Waals surface area contributed by atoms with Gasteiger partial charge in [-0.3, -0.25) is 0 Å². The van der Waals surface area contributed by atoms with Gasteiger partial charge in [-0.05, 0) is 0 Å². The van der Waals surface area contributed by atoms with Crippen molar-refractivity contribution in [2.24, 2.45) is 0 Å². The zero-order chi connectivity index (χ0) is 6.12. The molecular weight excluding hydrogens is 524 g/mol. The Labute approximate surface area is 120 Å². The average molecular weight is 528 g/mol. The second-order valence-corrected chi connectivity index (χ2v) is 0.716. The average Bonchev–Trinajstić information content (AvgIpc) is 1.69. The molecule has 0 saturated carbocycles. The molecule has 66 valence electrons. The van der Waals surface area contributed by atoms with Crippen molar-refractivity contribution in [3.63, 3.8) is 0 Å². The number of rotatable bonds is 0. The molecule has 1 N–H and O–H groups in total. The van der Waals surface area contributed by atoms with Gasteiger partial charge >= 0.3 is 46.9 Å². The van der Waals surface area contributed by atoms with Crippen molar-refractivity contribution in [1.82, 2.24) is 0 Å². The number of hydrogen-bond donors (Lipinski definition) is 1. The second-order valence-electron chi connectivity index (χ2n) is 0.430. The molecule has 0 aromatic rings. The van der Waals surface area contributed by atoms with Gasteiger partial charge in [-0.2, -0.15) is 0 Å². The van der Waals surface area contributed by atoms with Crippen LogP contribution in [0.15, 0.2) is 0 Å². The molecule has 0 aliphatic rings. The molecule has 0 saturated heterocycles. The SMILES string of the molecule is C#CCO.O=[Se]=O.[Br-].[Br-].[Br-].[Sb+3]. The van der Waals surface area contributed by atoms with E-state index < -0.39 is 14.8 Å². The molecule has 0 amide bonds. The van der Waals surface area contributed by atoms with Crippen LogP contribution in [-0.2, 0) is 7.67 Å². The third kappa shape index (κ3) is 139. The molecule has 0 heterocycles. The molecule has 0 aromatic heterocycles. The molecule has 2 radical (unpaired) electrons. The van der Waals surface area contributed by atoms with E-state index in [1.165, 1.54) is 0 Å². The smallest absolute Gasteiger partial charge is 1.00 e. The first-order chi connectivity index (χ1) is 3.33. The summed E-state index contributed by atoms with van der Waals surface area (Å²) in [4.78, 5) is 0. The summed E-state index contributed by atoms with van der Waals surface area (Å²) in [7, 11) is 0. The minimum Gasteiger partial charge on any atom is -1.00 e. The fourth-order valence-corrected chi connectivity index (χ4v) is 0. The Morgan fingerprint density at radius 2 is 1.36 bits per heavy atom. The maximum absolute atomic E-state index is 8.44. The summed E-state index contributed by atoms with van der Waals surface area (Å²) < 4.78 is 16.9. The van der Waals surface area contributed by atoms with Crippen LogP contribution < -0.4 is 50.9 Å². The standard InChI is InChI=1S/C3H4O.3BrH.O2Se.Sb/c1-2-3-4;;;;1-3-2;/h1,4H,3H2;3*1H;;/q;;;;;+3/p-3. The third-order valence-corrected chi connectivity index (χ3v) is 0.0913. The summed E-state index contributed by atoms with van der Waals surface area (Å²) in [5, 5.41) is 7.64. The van der Waals surface area contributed by atoms with Crippen LogP contribution in [0, 0.1) is 12.3 Å². The van der Waals surface area contributed by atoms with E-state index in [2.05, 4.69) is 6.42 Å². The number of terminal acetylenes is 1. The maximum Gasteiger partial charge on any atom is 3.00 e. The van der Waals surface area contributed by atoms with E-state index in [1.807, 2.05) is 5.92 Å². The van der Waals surface area contributed by atoms with Gasteiger partial charge in [0, 0.05) is 0 Å². The van der Waals surface area contributed by atoms with Crippen molar-refractivity contribution >= 4 is 39.2 Å². The molecular formula is C3H4Br3O3SbSe. The first-order valence-corrected chi connectivity index (χ1v) is 2.69. The molecule has 0 aliphatic heterocycles. The Kier molecular flexibility index (Phi) is 205. The van der Waals surface area contributed by atoms with Crippen LogP contribution >= 0.6 is 0 Å². The minimum atomic E-state index is -1.62. The quantitative estimate of drug-likeness (QED) is 0.251. The molecule has 0 rings (SSSR count). The molecule has 0 unspecified atom stereocenters. The maximum atomic E-state index is 8.44. The van der Waals surface area contributed by atoms with Gasteiger partial charge in [-0.15, -0.1) is 6.42 Å². The fraction of sp³-hybridized carbons (Fsp3) is 0.333. The summed E-state index contributed by atoms with van der Waals surface area (Å²) in [6.45, 7) is -0.153. The van der Waals surface area contributed by atoms with E-state index in [0.29, 0.717) is 0 Å². The van der Waals surface area contributed by atoms with Crippen molar-refractivity contribution < 1.29 is 63.7 Å². The second kappa shape index (κ2) is 58.9. The first kappa shape index (κ1) is 38.4. The predicted molar refractivity (Wildman–Crippen MR) is 28.8 cm³/mol. The first-order valence-electron chi connectivity index (χ1n) is 1.29.